The summed E-state index contributed by atoms with van der Waals surface area (Å²) in [5.74, 6) is 0.342. The van der Waals surface area contributed by atoms with Gasteiger partial charge in [-0.25, -0.2) is 0 Å². The van der Waals surface area contributed by atoms with Crippen molar-refractivity contribution in [1.82, 2.24) is 15.2 Å². The number of aromatic nitrogens is 1. The average Bonchev–Trinajstić information content (AvgIpc) is 2.67. The third kappa shape index (κ3) is 4.94. The molecular formula is C19H30N4O. The van der Waals surface area contributed by atoms with E-state index >= 15 is 0 Å². The first-order valence-corrected chi connectivity index (χ1v) is 9.48. The van der Waals surface area contributed by atoms with Crippen molar-refractivity contribution in [3.63, 3.8) is 0 Å². The van der Waals surface area contributed by atoms with E-state index in [2.05, 4.69) is 20.1 Å². The van der Waals surface area contributed by atoms with Gasteiger partial charge in [0.15, 0.2) is 0 Å². The predicted molar refractivity (Wildman–Crippen MR) is 97.1 cm³/mol. The van der Waals surface area contributed by atoms with Crippen LogP contribution in [0.3, 0.4) is 0 Å². The van der Waals surface area contributed by atoms with Crippen LogP contribution in [0.25, 0.3) is 0 Å². The SMILES string of the molecule is O=C(NCCCN1CCCCC1)C1CCCN(c2ccncc2)C1. The maximum Gasteiger partial charge on any atom is 0.224 e. The van der Waals surface area contributed by atoms with E-state index in [1.165, 1.54) is 38.0 Å². The van der Waals surface area contributed by atoms with Gasteiger partial charge in [-0.1, -0.05) is 6.42 Å². The van der Waals surface area contributed by atoms with Crippen LogP contribution >= 0.6 is 0 Å². The second-order valence-corrected chi connectivity index (χ2v) is 7.04. The molecule has 2 fully saturated rings. The molecule has 0 radical (unpaired) electrons. The van der Waals surface area contributed by atoms with Crippen molar-refractivity contribution >= 4 is 11.6 Å². The lowest BCUT2D eigenvalue weighted by molar-refractivity contribution is -0.125. The van der Waals surface area contributed by atoms with E-state index in [-0.39, 0.29) is 11.8 Å². The molecule has 1 amide bonds. The second kappa shape index (κ2) is 9.02. The third-order valence-corrected chi connectivity index (χ3v) is 5.22. The molecule has 0 aromatic carbocycles. The Morgan fingerprint density at radius 2 is 1.92 bits per heavy atom. The summed E-state index contributed by atoms with van der Waals surface area (Å²) in [5.41, 5.74) is 1.17. The monoisotopic (exact) mass is 330 g/mol. The number of likely N-dealkylation sites (tertiary alicyclic amines) is 1. The zero-order valence-corrected chi connectivity index (χ0v) is 14.6. The molecule has 0 aliphatic carbocycles. The van der Waals surface area contributed by atoms with E-state index in [1.54, 1.807) is 0 Å². The van der Waals surface area contributed by atoms with Crippen LogP contribution in [0.2, 0.25) is 0 Å². The fourth-order valence-corrected chi connectivity index (χ4v) is 3.82. The maximum absolute atomic E-state index is 12.5. The maximum atomic E-state index is 12.5. The van der Waals surface area contributed by atoms with Crippen LogP contribution in [0.5, 0.6) is 0 Å². The Morgan fingerprint density at radius 3 is 2.71 bits per heavy atom. The molecule has 0 saturated carbocycles. The summed E-state index contributed by atoms with van der Waals surface area (Å²) in [4.78, 5) is 21.4. The van der Waals surface area contributed by atoms with Crippen molar-refractivity contribution in [2.75, 3.05) is 44.2 Å². The summed E-state index contributed by atoms with van der Waals surface area (Å²) in [7, 11) is 0. The number of carbonyl (C=O) groups is 1. The summed E-state index contributed by atoms with van der Waals surface area (Å²) in [6.45, 7) is 6.24. The van der Waals surface area contributed by atoms with Crippen LogP contribution < -0.4 is 10.2 Å². The van der Waals surface area contributed by atoms with Crippen molar-refractivity contribution in [2.24, 2.45) is 5.92 Å². The molecular weight excluding hydrogens is 300 g/mol. The normalized spacial score (nSPS) is 22.3. The molecule has 3 heterocycles. The lowest BCUT2D eigenvalue weighted by atomic mass is 9.96. The molecule has 24 heavy (non-hydrogen) atoms. The van der Waals surface area contributed by atoms with Crippen LogP contribution in [0.4, 0.5) is 5.69 Å². The van der Waals surface area contributed by atoms with Gasteiger partial charge in [0.25, 0.3) is 0 Å². The molecule has 1 aromatic rings. The van der Waals surface area contributed by atoms with Gasteiger partial charge in [-0.15, -0.1) is 0 Å². The number of piperidine rings is 2. The van der Waals surface area contributed by atoms with Crippen molar-refractivity contribution in [2.45, 2.75) is 38.5 Å². The largest absolute Gasteiger partial charge is 0.371 e. The number of hydrogen-bond donors (Lipinski definition) is 1. The minimum Gasteiger partial charge on any atom is -0.371 e. The first kappa shape index (κ1) is 17.2. The summed E-state index contributed by atoms with van der Waals surface area (Å²) in [5, 5.41) is 3.16. The van der Waals surface area contributed by atoms with E-state index in [0.29, 0.717) is 0 Å². The number of nitrogens with one attached hydrogen (secondary N) is 1. The minimum atomic E-state index is 0.113. The zero-order chi connectivity index (χ0) is 16.6. The van der Waals surface area contributed by atoms with Crippen LogP contribution in [-0.2, 0) is 4.79 Å². The van der Waals surface area contributed by atoms with E-state index in [4.69, 9.17) is 0 Å². The van der Waals surface area contributed by atoms with Crippen LogP contribution in [-0.4, -0.2) is 55.1 Å². The molecule has 1 aromatic heterocycles. The number of anilines is 1. The molecule has 1 N–H and O–H groups in total. The van der Waals surface area contributed by atoms with Crippen molar-refractivity contribution in [1.29, 1.82) is 0 Å². The van der Waals surface area contributed by atoms with Crippen LogP contribution in [0.15, 0.2) is 24.5 Å². The van der Waals surface area contributed by atoms with Crippen molar-refractivity contribution in [3.8, 4) is 0 Å². The van der Waals surface area contributed by atoms with Crippen molar-refractivity contribution in [3.05, 3.63) is 24.5 Å². The highest BCUT2D eigenvalue weighted by atomic mass is 16.1. The molecule has 1 atom stereocenters. The van der Waals surface area contributed by atoms with Gasteiger partial charge in [-0.2, -0.15) is 0 Å². The molecule has 1 unspecified atom stereocenters. The Balaban J connectivity index is 1.38. The van der Waals surface area contributed by atoms with Crippen LogP contribution in [0, 0.1) is 5.92 Å². The highest BCUT2D eigenvalue weighted by molar-refractivity contribution is 5.79. The fraction of sp³-hybridized carbons (Fsp3) is 0.684. The molecule has 2 saturated heterocycles. The van der Waals surface area contributed by atoms with E-state index in [1.807, 2.05) is 24.5 Å². The number of rotatable bonds is 6. The van der Waals surface area contributed by atoms with Crippen molar-refractivity contribution < 1.29 is 4.79 Å². The average molecular weight is 330 g/mol. The number of pyridine rings is 1. The molecule has 132 valence electrons. The van der Waals surface area contributed by atoms with Gasteiger partial charge < -0.3 is 15.1 Å². The van der Waals surface area contributed by atoms with Gasteiger partial charge in [0, 0.05) is 37.7 Å². The third-order valence-electron chi connectivity index (χ3n) is 5.22. The standard InChI is InChI=1S/C19H30N4O/c24-19(21-9-5-14-22-12-2-1-3-13-22)17-6-4-15-23(16-17)18-7-10-20-11-8-18/h7-8,10-11,17H,1-6,9,12-16H2,(H,21,24). The Morgan fingerprint density at radius 1 is 1.12 bits per heavy atom. The molecule has 0 bridgehead atoms. The topological polar surface area (TPSA) is 48.5 Å². The Hall–Kier alpha value is -1.62. The predicted octanol–water partition coefficient (Wildman–Crippen LogP) is 2.29. The lowest BCUT2D eigenvalue weighted by Gasteiger charge is -2.33. The van der Waals surface area contributed by atoms with Crippen LogP contribution in [0.1, 0.15) is 38.5 Å². The second-order valence-electron chi connectivity index (χ2n) is 7.04. The van der Waals surface area contributed by atoms with Gasteiger partial charge in [0.1, 0.15) is 0 Å². The molecule has 5 nitrogen and oxygen atoms in total. The van der Waals surface area contributed by atoms with Gasteiger partial charge in [0.05, 0.1) is 5.92 Å². The van der Waals surface area contributed by atoms with Gasteiger partial charge >= 0.3 is 0 Å². The van der Waals surface area contributed by atoms with Gasteiger partial charge in [-0.3, -0.25) is 9.78 Å². The quantitative estimate of drug-likeness (QED) is 0.813. The van der Waals surface area contributed by atoms with Gasteiger partial charge in [0.2, 0.25) is 5.91 Å². The first-order valence-electron chi connectivity index (χ1n) is 9.48. The lowest BCUT2D eigenvalue weighted by Crippen LogP contribution is -2.43. The Kier molecular flexibility index (Phi) is 6.47. The Labute approximate surface area is 145 Å². The molecule has 2 aliphatic heterocycles. The molecule has 2 aliphatic rings. The summed E-state index contributed by atoms with van der Waals surface area (Å²) < 4.78 is 0. The number of amides is 1. The molecule has 0 spiro atoms. The van der Waals surface area contributed by atoms with Gasteiger partial charge in [-0.05, 0) is 63.9 Å². The number of nitrogens with zero attached hydrogens (tertiary/aromatic N) is 3. The van der Waals surface area contributed by atoms with E-state index < -0.39 is 0 Å². The van der Waals surface area contributed by atoms with E-state index in [9.17, 15) is 4.79 Å². The van der Waals surface area contributed by atoms with E-state index in [0.717, 1.165) is 45.4 Å². The first-order chi connectivity index (χ1) is 11.8. The minimum absolute atomic E-state index is 0.113. The summed E-state index contributed by atoms with van der Waals surface area (Å²) in [6.07, 6.45) is 10.8. The summed E-state index contributed by atoms with van der Waals surface area (Å²) in [6, 6.07) is 4.05. The fourth-order valence-electron chi connectivity index (χ4n) is 3.82. The Bertz CT molecular complexity index is 501. The summed E-state index contributed by atoms with van der Waals surface area (Å²) >= 11 is 0. The highest BCUT2D eigenvalue weighted by Crippen LogP contribution is 2.22. The zero-order valence-electron chi connectivity index (χ0n) is 14.6. The highest BCUT2D eigenvalue weighted by Gasteiger charge is 2.25. The number of carbonyl (C=O) groups excluding carboxylic acids is 1. The smallest absolute Gasteiger partial charge is 0.224 e. The number of hydrogen-bond acceptors (Lipinski definition) is 4. The molecule has 5 heteroatoms. The molecule has 3 rings (SSSR count).